The fourth-order valence-corrected chi connectivity index (χ4v) is 2.19. The van der Waals surface area contributed by atoms with Crippen molar-refractivity contribution in [3.63, 3.8) is 0 Å². The summed E-state index contributed by atoms with van der Waals surface area (Å²) >= 11 is 5.84. The lowest BCUT2D eigenvalue weighted by Crippen LogP contribution is -2.01. The highest BCUT2D eigenvalue weighted by atomic mass is 35.5. The van der Waals surface area contributed by atoms with Gasteiger partial charge in [-0.05, 0) is 36.1 Å². The molecule has 0 heterocycles. The van der Waals surface area contributed by atoms with Crippen molar-refractivity contribution in [2.75, 3.05) is 13.7 Å². The summed E-state index contributed by atoms with van der Waals surface area (Å²) < 4.78 is 11.1. The van der Waals surface area contributed by atoms with Crippen molar-refractivity contribution in [1.82, 2.24) is 0 Å². The van der Waals surface area contributed by atoms with Crippen LogP contribution in [0.3, 0.4) is 0 Å². The Morgan fingerprint density at radius 2 is 1.75 bits per heavy atom. The summed E-state index contributed by atoms with van der Waals surface area (Å²) in [6.45, 7) is 0.664. The van der Waals surface area contributed by atoms with Crippen molar-refractivity contribution < 1.29 is 9.47 Å². The normalized spacial score (nSPS) is 10.3. The Balaban J connectivity index is 1.87. The van der Waals surface area contributed by atoms with Crippen molar-refractivity contribution in [3.8, 4) is 11.5 Å². The number of rotatable bonds is 7. The van der Waals surface area contributed by atoms with Gasteiger partial charge >= 0.3 is 0 Å². The van der Waals surface area contributed by atoms with Gasteiger partial charge in [-0.25, -0.2) is 0 Å². The van der Waals surface area contributed by atoms with Gasteiger partial charge in [0.25, 0.3) is 0 Å². The molecular weight excluding hydrogens is 272 g/mol. The maximum absolute atomic E-state index is 5.84. The van der Waals surface area contributed by atoms with Gasteiger partial charge in [-0.1, -0.05) is 36.4 Å². The van der Waals surface area contributed by atoms with Crippen LogP contribution in [-0.2, 0) is 12.3 Å². The second-order valence-corrected chi connectivity index (χ2v) is 4.82. The van der Waals surface area contributed by atoms with Crippen LogP contribution in [0.15, 0.2) is 48.5 Å². The molecule has 0 spiro atoms. The van der Waals surface area contributed by atoms with Crippen molar-refractivity contribution in [3.05, 3.63) is 59.7 Å². The minimum absolute atomic E-state index is 0.477. The standard InChI is InChI=1S/C17H19ClO2/c1-19-16-10-9-15(13-18)12-17(16)20-11-5-8-14-6-3-2-4-7-14/h2-4,6-7,9-10,12H,5,8,11,13H2,1H3. The van der Waals surface area contributed by atoms with Gasteiger partial charge in [0.15, 0.2) is 11.5 Å². The van der Waals surface area contributed by atoms with Gasteiger partial charge in [-0.15, -0.1) is 11.6 Å². The molecule has 0 amide bonds. The zero-order valence-corrected chi connectivity index (χ0v) is 12.4. The van der Waals surface area contributed by atoms with Gasteiger partial charge in [0.1, 0.15) is 0 Å². The molecule has 20 heavy (non-hydrogen) atoms. The van der Waals surface area contributed by atoms with E-state index < -0.39 is 0 Å². The molecule has 2 rings (SSSR count). The predicted octanol–water partition coefficient (Wildman–Crippen LogP) is 4.45. The first-order chi connectivity index (χ1) is 9.83. The number of benzene rings is 2. The third-order valence-corrected chi connectivity index (χ3v) is 3.40. The van der Waals surface area contributed by atoms with E-state index in [-0.39, 0.29) is 0 Å². The molecule has 0 bridgehead atoms. The highest BCUT2D eigenvalue weighted by Crippen LogP contribution is 2.28. The molecule has 2 aromatic rings. The number of halogens is 1. The molecule has 0 aliphatic rings. The summed E-state index contributed by atoms with van der Waals surface area (Å²) in [7, 11) is 1.65. The van der Waals surface area contributed by atoms with Gasteiger partial charge in [-0.3, -0.25) is 0 Å². The molecule has 0 radical (unpaired) electrons. The Morgan fingerprint density at radius 3 is 2.45 bits per heavy atom. The monoisotopic (exact) mass is 290 g/mol. The molecule has 0 unspecified atom stereocenters. The Kier molecular flexibility index (Phi) is 5.75. The summed E-state index contributed by atoms with van der Waals surface area (Å²) in [4.78, 5) is 0. The van der Waals surface area contributed by atoms with Gasteiger partial charge in [0.05, 0.1) is 13.7 Å². The van der Waals surface area contributed by atoms with Crippen LogP contribution in [-0.4, -0.2) is 13.7 Å². The maximum Gasteiger partial charge on any atom is 0.161 e. The fourth-order valence-electron chi connectivity index (χ4n) is 2.02. The third kappa shape index (κ3) is 4.17. The summed E-state index contributed by atoms with van der Waals surface area (Å²) in [5, 5.41) is 0. The molecule has 0 aliphatic heterocycles. The van der Waals surface area contributed by atoms with Gasteiger partial charge in [0, 0.05) is 5.88 Å². The maximum atomic E-state index is 5.84. The Bertz CT molecular complexity index is 526. The quantitative estimate of drug-likeness (QED) is 0.554. The molecule has 3 heteroatoms. The average molecular weight is 291 g/mol. The highest BCUT2D eigenvalue weighted by molar-refractivity contribution is 6.17. The molecular formula is C17H19ClO2. The molecule has 0 N–H and O–H groups in total. The van der Waals surface area contributed by atoms with Gasteiger partial charge in [0.2, 0.25) is 0 Å². The zero-order valence-electron chi connectivity index (χ0n) is 11.6. The van der Waals surface area contributed by atoms with Crippen LogP contribution in [0, 0.1) is 0 Å². The molecule has 2 aromatic carbocycles. The SMILES string of the molecule is COc1ccc(CCl)cc1OCCCc1ccccc1. The van der Waals surface area contributed by atoms with Crippen LogP contribution in [0.4, 0.5) is 0 Å². The predicted molar refractivity (Wildman–Crippen MR) is 82.8 cm³/mol. The molecule has 0 atom stereocenters. The number of alkyl halides is 1. The highest BCUT2D eigenvalue weighted by Gasteiger charge is 2.05. The van der Waals surface area contributed by atoms with Crippen LogP contribution in [0.1, 0.15) is 17.5 Å². The van der Waals surface area contributed by atoms with Crippen molar-refractivity contribution in [2.24, 2.45) is 0 Å². The first-order valence-corrected chi connectivity index (χ1v) is 7.26. The molecule has 0 fully saturated rings. The summed E-state index contributed by atoms with van der Waals surface area (Å²) in [6.07, 6.45) is 1.98. The Hall–Kier alpha value is -1.67. The Morgan fingerprint density at radius 1 is 0.950 bits per heavy atom. The van der Waals surface area contributed by atoms with E-state index >= 15 is 0 Å². The van der Waals surface area contributed by atoms with E-state index in [9.17, 15) is 0 Å². The van der Waals surface area contributed by atoms with Crippen LogP contribution in [0.5, 0.6) is 11.5 Å². The van der Waals surface area contributed by atoms with Gasteiger partial charge < -0.3 is 9.47 Å². The molecule has 2 nitrogen and oxygen atoms in total. The topological polar surface area (TPSA) is 18.5 Å². The largest absolute Gasteiger partial charge is 0.493 e. The number of methoxy groups -OCH3 is 1. The van der Waals surface area contributed by atoms with Crippen molar-refractivity contribution in [1.29, 1.82) is 0 Å². The number of hydrogen-bond acceptors (Lipinski definition) is 2. The molecule has 0 saturated carbocycles. The van der Waals surface area contributed by atoms with E-state index in [2.05, 4.69) is 24.3 Å². The van der Waals surface area contributed by atoms with E-state index in [1.54, 1.807) is 7.11 Å². The van der Waals surface area contributed by atoms with Crippen LogP contribution >= 0.6 is 11.6 Å². The van der Waals surface area contributed by atoms with E-state index in [1.807, 2.05) is 24.3 Å². The summed E-state index contributed by atoms with van der Waals surface area (Å²) in [5.41, 5.74) is 2.36. The first kappa shape index (κ1) is 14.7. The minimum Gasteiger partial charge on any atom is -0.493 e. The van der Waals surface area contributed by atoms with E-state index in [4.69, 9.17) is 21.1 Å². The molecule has 106 valence electrons. The number of aryl methyl sites for hydroxylation is 1. The van der Waals surface area contributed by atoms with Crippen molar-refractivity contribution in [2.45, 2.75) is 18.7 Å². The third-order valence-electron chi connectivity index (χ3n) is 3.09. The fraction of sp³-hybridized carbons (Fsp3) is 0.294. The first-order valence-electron chi connectivity index (χ1n) is 6.73. The van der Waals surface area contributed by atoms with E-state index in [1.165, 1.54) is 5.56 Å². The van der Waals surface area contributed by atoms with E-state index in [0.717, 1.165) is 29.9 Å². The zero-order chi connectivity index (χ0) is 14.2. The van der Waals surface area contributed by atoms with Crippen LogP contribution < -0.4 is 9.47 Å². The molecule has 0 saturated heterocycles. The summed E-state index contributed by atoms with van der Waals surface area (Å²) in [6, 6.07) is 16.2. The summed E-state index contributed by atoms with van der Waals surface area (Å²) in [5.74, 6) is 1.99. The van der Waals surface area contributed by atoms with Gasteiger partial charge in [-0.2, -0.15) is 0 Å². The lowest BCUT2D eigenvalue weighted by molar-refractivity contribution is 0.289. The smallest absolute Gasteiger partial charge is 0.161 e. The number of hydrogen-bond donors (Lipinski definition) is 0. The number of ether oxygens (including phenoxy) is 2. The second-order valence-electron chi connectivity index (χ2n) is 4.56. The minimum atomic E-state index is 0.477. The molecule has 0 aromatic heterocycles. The van der Waals surface area contributed by atoms with Crippen LogP contribution in [0.25, 0.3) is 0 Å². The Labute approximate surface area is 125 Å². The van der Waals surface area contributed by atoms with Crippen LogP contribution in [0.2, 0.25) is 0 Å². The second kappa shape index (κ2) is 7.81. The van der Waals surface area contributed by atoms with E-state index in [0.29, 0.717) is 12.5 Å². The lowest BCUT2D eigenvalue weighted by atomic mass is 10.1. The van der Waals surface area contributed by atoms with Crippen molar-refractivity contribution >= 4 is 11.6 Å². The lowest BCUT2D eigenvalue weighted by Gasteiger charge is -2.11. The average Bonchev–Trinajstić information content (AvgIpc) is 2.52. The molecule has 0 aliphatic carbocycles.